The summed E-state index contributed by atoms with van der Waals surface area (Å²) < 4.78 is 5.30. The van der Waals surface area contributed by atoms with Gasteiger partial charge in [0.15, 0.2) is 0 Å². The lowest BCUT2D eigenvalue weighted by Crippen LogP contribution is -2.37. The van der Waals surface area contributed by atoms with Gasteiger partial charge in [-0.3, -0.25) is 4.79 Å². The number of ketones is 1. The van der Waals surface area contributed by atoms with E-state index >= 15 is 0 Å². The van der Waals surface area contributed by atoms with E-state index in [0.29, 0.717) is 13.0 Å². The molecule has 108 valence electrons. The second kappa shape index (κ2) is 7.29. The largest absolute Gasteiger partial charge is 0.445 e. The van der Waals surface area contributed by atoms with Gasteiger partial charge in [-0.05, 0) is 18.4 Å². The van der Waals surface area contributed by atoms with Crippen LogP contribution in [0.25, 0.3) is 0 Å². The van der Waals surface area contributed by atoms with Gasteiger partial charge in [-0.15, -0.1) is 11.6 Å². The van der Waals surface area contributed by atoms with Crippen LogP contribution in [-0.4, -0.2) is 35.2 Å². The summed E-state index contributed by atoms with van der Waals surface area (Å²) in [6.07, 6.45) is 1.71. The highest BCUT2D eigenvalue weighted by Crippen LogP contribution is 2.21. The monoisotopic (exact) mass is 295 g/mol. The molecule has 4 nitrogen and oxygen atoms in total. The molecule has 1 atom stereocenters. The van der Waals surface area contributed by atoms with Crippen molar-refractivity contribution in [2.24, 2.45) is 0 Å². The summed E-state index contributed by atoms with van der Waals surface area (Å²) in [5.41, 5.74) is 0.952. The van der Waals surface area contributed by atoms with Crippen molar-refractivity contribution in [1.29, 1.82) is 0 Å². The summed E-state index contributed by atoms with van der Waals surface area (Å²) in [5.74, 6) is -0.0249. The highest BCUT2D eigenvalue weighted by Gasteiger charge is 2.31. The zero-order valence-corrected chi connectivity index (χ0v) is 12.0. The summed E-state index contributed by atoms with van der Waals surface area (Å²) >= 11 is 5.51. The lowest BCUT2D eigenvalue weighted by molar-refractivity contribution is -0.117. The minimum absolute atomic E-state index is 0.00338. The number of ether oxygens (including phenoxy) is 1. The van der Waals surface area contributed by atoms with Crippen LogP contribution in [0.2, 0.25) is 0 Å². The minimum atomic E-state index is -0.348. The van der Waals surface area contributed by atoms with Crippen molar-refractivity contribution in [2.45, 2.75) is 31.9 Å². The lowest BCUT2D eigenvalue weighted by atomic mass is 10.1. The smallest absolute Gasteiger partial charge is 0.410 e. The van der Waals surface area contributed by atoms with Crippen LogP contribution < -0.4 is 0 Å². The molecule has 1 aliphatic heterocycles. The van der Waals surface area contributed by atoms with Crippen LogP contribution in [0.1, 0.15) is 24.8 Å². The van der Waals surface area contributed by atoms with E-state index in [1.165, 1.54) is 0 Å². The topological polar surface area (TPSA) is 46.6 Å². The number of carbonyl (C=O) groups excluding carboxylic acids is 2. The molecular formula is C15H18ClNO3. The molecule has 1 aromatic carbocycles. The van der Waals surface area contributed by atoms with Crippen LogP contribution in [-0.2, 0) is 16.1 Å². The van der Waals surface area contributed by atoms with Gasteiger partial charge in [0.25, 0.3) is 0 Å². The third-order valence-corrected chi connectivity index (χ3v) is 3.73. The second-order valence-electron chi connectivity index (χ2n) is 4.91. The van der Waals surface area contributed by atoms with Gasteiger partial charge in [0.1, 0.15) is 12.4 Å². The third-order valence-electron chi connectivity index (χ3n) is 3.43. The zero-order valence-electron chi connectivity index (χ0n) is 11.3. The van der Waals surface area contributed by atoms with Crippen molar-refractivity contribution < 1.29 is 14.3 Å². The number of nitrogens with zero attached hydrogens (tertiary/aromatic N) is 1. The number of amides is 1. The van der Waals surface area contributed by atoms with Gasteiger partial charge in [-0.25, -0.2) is 4.79 Å². The standard InChI is InChI=1S/C15H18ClNO3/c16-10-14(18)9-13-7-4-8-17(13)15(19)20-11-12-5-2-1-3-6-12/h1-3,5-6,13H,4,7-11H2. The Morgan fingerprint density at radius 3 is 2.75 bits per heavy atom. The molecule has 0 N–H and O–H groups in total. The molecule has 20 heavy (non-hydrogen) atoms. The van der Waals surface area contributed by atoms with Crippen molar-refractivity contribution in [3.05, 3.63) is 35.9 Å². The normalized spacial score (nSPS) is 18.1. The van der Waals surface area contributed by atoms with Gasteiger partial charge in [-0.1, -0.05) is 30.3 Å². The van der Waals surface area contributed by atoms with Gasteiger partial charge >= 0.3 is 6.09 Å². The van der Waals surface area contributed by atoms with Gasteiger partial charge < -0.3 is 9.64 Å². The first-order valence-electron chi connectivity index (χ1n) is 6.75. The Balaban J connectivity index is 1.86. The average molecular weight is 296 g/mol. The third kappa shape index (κ3) is 3.97. The van der Waals surface area contributed by atoms with E-state index in [1.807, 2.05) is 30.3 Å². The molecule has 0 aromatic heterocycles. The van der Waals surface area contributed by atoms with Crippen LogP contribution in [0.3, 0.4) is 0 Å². The highest BCUT2D eigenvalue weighted by molar-refractivity contribution is 6.27. The molecule has 1 aromatic rings. The van der Waals surface area contributed by atoms with Gasteiger partial charge in [0, 0.05) is 19.0 Å². The summed E-state index contributed by atoms with van der Waals surface area (Å²) in [6, 6.07) is 9.48. The summed E-state index contributed by atoms with van der Waals surface area (Å²) in [5, 5.41) is 0. The van der Waals surface area contributed by atoms with Gasteiger partial charge in [-0.2, -0.15) is 0 Å². The zero-order chi connectivity index (χ0) is 14.4. The van der Waals surface area contributed by atoms with Crippen LogP contribution in [0, 0.1) is 0 Å². The SMILES string of the molecule is O=C(CCl)CC1CCCN1C(=O)OCc1ccccc1. The molecule has 0 spiro atoms. The molecular weight excluding hydrogens is 278 g/mol. The molecule has 1 amide bonds. The number of benzene rings is 1. The summed E-state index contributed by atoms with van der Waals surface area (Å²) in [7, 11) is 0. The van der Waals surface area contributed by atoms with E-state index < -0.39 is 0 Å². The van der Waals surface area contributed by atoms with Gasteiger partial charge in [0.2, 0.25) is 0 Å². The number of hydrogen-bond donors (Lipinski definition) is 0. The Morgan fingerprint density at radius 2 is 2.05 bits per heavy atom. The second-order valence-corrected chi connectivity index (χ2v) is 5.17. The first-order chi connectivity index (χ1) is 9.70. The van der Waals surface area contributed by atoms with Crippen molar-refractivity contribution in [3.63, 3.8) is 0 Å². The van der Waals surface area contributed by atoms with Gasteiger partial charge in [0.05, 0.1) is 5.88 Å². The fraction of sp³-hybridized carbons (Fsp3) is 0.467. The maximum absolute atomic E-state index is 12.1. The van der Waals surface area contributed by atoms with Crippen LogP contribution in [0.4, 0.5) is 4.79 Å². The summed E-state index contributed by atoms with van der Waals surface area (Å²) in [6.45, 7) is 0.903. The first kappa shape index (κ1) is 14.9. The van der Waals surface area contributed by atoms with Crippen molar-refractivity contribution in [1.82, 2.24) is 4.90 Å². The van der Waals surface area contributed by atoms with Crippen LogP contribution in [0.15, 0.2) is 30.3 Å². The van der Waals surface area contributed by atoms with E-state index in [0.717, 1.165) is 18.4 Å². The molecule has 5 heteroatoms. The number of alkyl halides is 1. The number of likely N-dealkylation sites (tertiary alicyclic amines) is 1. The van der Waals surface area contributed by atoms with Crippen LogP contribution in [0.5, 0.6) is 0 Å². The molecule has 1 unspecified atom stereocenters. The molecule has 2 rings (SSSR count). The molecule has 0 radical (unpaired) electrons. The average Bonchev–Trinajstić information content (AvgIpc) is 2.94. The Hall–Kier alpha value is -1.55. The molecule has 0 bridgehead atoms. The fourth-order valence-electron chi connectivity index (χ4n) is 2.41. The highest BCUT2D eigenvalue weighted by atomic mass is 35.5. The predicted octanol–water partition coefficient (Wildman–Crippen LogP) is 2.99. The molecule has 1 aliphatic rings. The van der Waals surface area contributed by atoms with Crippen LogP contribution >= 0.6 is 11.6 Å². The lowest BCUT2D eigenvalue weighted by Gasteiger charge is -2.23. The molecule has 0 saturated carbocycles. The predicted molar refractivity (Wildman–Crippen MR) is 76.7 cm³/mol. The number of carbonyl (C=O) groups is 2. The molecule has 0 aliphatic carbocycles. The van der Waals surface area contributed by atoms with E-state index in [9.17, 15) is 9.59 Å². The quantitative estimate of drug-likeness (QED) is 0.785. The summed E-state index contributed by atoms with van der Waals surface area (Å²) in [4.78, 5) is 25.1. The first-order valence-corrected chi connectivity index (χ1v) is 7.29. The maximum Gasteiger partial charge on any atom is 0.410 e. The Morgan fingerprint density at radius 1 is 1.30 bits per heavy atom. The molecule has 1 heterocycles. The number of rotatable bonds is 5. The van der Waals surface area contributed by atoms with Crippen molar-refractivity contribution in [2.75, 3.05) is 12.4 Å². The fourth-order valence-corrected chi connectivity index (χ4v) is 2.52. The molecule has 1 saturated heterocycles. The van der Waals surface area contributed by atoms with Crippen molar-refractivity contribution in [3.8, 4) is 0 Å². The Kier molecular flexibility index (Phi) is 5.41. The Labute approximate surface area is 123 Å². The van der Waals surface area contributed by atoms with E-state index in [1.54, 1.807) is 4.90 Å². The van der Waals surface area contributed by atoms with E-state index in [4.69, 9.17) is 16.3 Å². The van der Waals surface area contributed by atoms with Crippen molar-refractivity contribution >= 4 is 23.5 Å². The minimum Gasteiger partial charge on any atom is -0.445 e. The maximum atomic E-state index is 12.1. The Bertz CT molecular complexity index is 463. The number of hydrogen-bond acceptors (Lipinski definition) is 3. The number of halogens is 1. The molecule has 1 fully saturated rings. The number of Topliss-reactive ketones (excluding diaryl/α,β-unsaturated/α-hetero) is 1. The van der Waals surface area contributed by atoms with E-state index in [-0.39, 0.29) is 30.4 Å². The van der Waals surface area contributed by atoms with E-state index in [2.05, 4.69) is 0 Å².